The summed E-state index contributed by atoms with van der Waals surface area (Å²) in [5, 5.41) is 2.69. The predicted octanol–water partition coefficient (Wildman–Crippen LogP) is 5.93. The number of hydrogen-bond donors (Lipinski definition) is 1. The highest BCUT2D eigenvalue weighted by Crippen LogP contribution is 2.73. The van der Waals surface area contributed by atoms with Gasteiger partial charge in [0, 0.05) is 33.7 Å². The van der Waals surface area contributed by atoms with E-state index in [4.69, 9.17) is 4.74 Å². The molecular weight excluding hydrogens is 306 g/mol. The first-order chi connectivity index (χ1) is 11.9. The number of aryl methyl sites for hydroxylation is 1. The lowest BCUT2D eigenvalue weighted by Crippen LogP contribution is -2.59. The Morgan fingerprint density at radius 3 is 2.76 bits per heavy atom. The molecule has 0 spiro atoms. The number of ether oxygens (including phenoxy) is 1. The third-order valence-electron chi connectivity index (χ3n) is 7.79. The van der Waals surface area contributed by atoms with Crippen LogP contribution in [0.25, 0.3) is 21.8 Å². The monoisotopic (exact) mass is 331 g/mol. The molecule has 1 N–H and O–H groups in total. The molecule has 0 amide bonds. The molecule has 3 aliphatic rings. The lowest BCUT2D eigenvalue weighted by molar-refractivity contribution is -0.119. The average Bonchev–Trinajstić information content (AvgIpc) is 3.08. The van der Waals surface area contributed by atoms with E-state index in [-0.39, 0.29) is 5.60 Å². The summed E-state index contributed by atoms with van der Waals surface area (Å²) < 4.78 is 6.65. The standard InChI is InChI=1S/C23H25NO/c1-12-5-7-16-14(11-12)13-6-8-17-18(21(13)24-16)20-19-15(22(20,2)3)9-10-23(19,4)25-17/h5-8,11,15,19-20,24H,9-10H2,1-4H3/t15-,19?,20+,23+/m1/s1. The van der Waals surface area contributed by atoms with E-state index in [9.17, 15) is 0 Å². The summed E-state index contributed by atoms with van der Waals surface area (Å²) in [6, 6.07) is 11.2. The van der Waals surface area contributed by atoms with Crippen LogP contribution in [0, 0.1) is 24.2 Å². The number of aromatic nitrogens is 1. The van der Waals surface area contributed by atoms with E-state index in [0.717, 1.165) is 11.7 Å². The van der Waals surface area contributed by atoms with Crippen LogP contribution in [-0.2, 0) is 0 Å². The molecule has 6 rings (SSSR count). The van der Waals surface area contributed by atoms with Crippen molar-refractivity contribution in [2.24, 2.45) is 17.3 Å². The van der Waals surface area contributed by atoms with E-state index in [1.165, 1.54) is 45.8 Å². The first-order valence-electron chi connectivity index (χ1n) is 9.64. The number of nitrogens with one attached hydrogen (secondary N) is 1. The molecule has 0 saturated heterocycles. The van der Waals surface area contributed by atoms with E-state index in [1.54, 1.807) is 0 Å². The zero-order valence-electron chi connectivity index (χ0n) is 15.4. The van der Waals surface area contributed by atoms with E-state index in [2.05, 4.69) is 63.0 Å². The van der Waals surface area contributed by atoms with E-state index < -0.39 is 0 Å². The van der Waals surface area contributed by atoms with Crippen molar-refractivity contribution in [3.05, 3.63) is 41.5 Å². The summed E-state index contributed by atoms with van der Waals surface area (Å²) in [6.07, 6.45) is 2.51. The highest BCUT2D eigenvalue weighted by atomic mass is 16.5. The van der Waals surface area contributed by atoms with Crippen molar-refractivity contribution in [2.75, 3.05) is 0 Å². The molecule has 1 unspecified atom stereocenters. The van der Waals surface area contributed by atoms with Crippen LogP contribution in [0.4, 0.5) is 0 Å². The fourth-order valence-electron chi connectivity index (χ4n) is 6.61. The summed E-state index contributed by atoms with van der Waals surface area (Å²) >= 11 is 0. The molecule has 2 aromatic carbocycles. The van der Waals surface area contributed by atoms with E-state index in [1.807, 2.05) is 0 Å². The Kier molecular flexibility index (Phi) is 2.31. The molecule has 3 aromatic rings. The molecule has 0 bridgehead atoms. The molecule has 4 atom stereocenters. The van der Waals surface area contributed by atoms with Crippen molar-refractivity contribution in [3.8, 4) is 5.75 Å². The van der Waals surface area contributed by atoms with Gasteiger partial charge in [0.2, 0.25) is 0 Å². The van der Waals surface area contributed by atoms with Crippen LogP contribution in [0.15, 0.2) is 30.3 Å². The Hall–Kier alpha value is -1.96. The van der Waals surface area contributed by atoms with Crippen LogP contribution in [-0.4, -0.2) is 10.6 Å². The quantitative estimate of drug-likeness (QED) is 0.542. The number of H-pyrrole nitrogens is 1. The van der Waals surface area contributed by atoms with Gasteiger partial charge in [-0.15, -0.1) is 0 Å². The van der Waals surface area contributed by atoms with Gasteiger partial charge < -0.3 is 9.72 Å². The van der Waals surface area contributed by atoms with Gasteiger partial charge in [0.1, 0.15) is 11.4 Å². The molecule has 2 heterocycles. The van der Waals surface area contributed by atoms with Crippen molar-refractivity contribution < 1.29 is 4.74 Å². The van der Waals surface area contributed by atoms with E-state index in [0.29, 0.717) is 17.3 Å². The fourth-order valence-corrected chi connectivity index (χ4v) is 6.61. The topological polar surface area (TPSA) is 25.0 Å². The zero-order valence-corrected chi connectivity index (χ0v) is 15.4. The maximum absolute atomic E-state index is 6.65. The summed E-state index contributed by atoms with van der Waals surface area (Å²) in [5.74, 6) is 3.20. The number of fused-ring (bicyclic) bond motifs is 6. The predicted molar refractivity (Wildman–Crippen MR) is 102 cm³/mol. The first kappa shape index (κ1) is 14.2. The van der Waals surface area contributed by atoms with Gasteiger partial charge in [-0.25, -0.2) is 0 Å². The van der Waals surface area contributed by atoms with Crippen molar-refractivity contribution in [3.63, 3.8) is 0 Å². The summed E-state index contributed by atoms with van der Waals surface area (Å²) in [7, 11) is 0. The van der Waals surface area contributed by atoms with Gasteiger partial charge in [-0.3, -0.25) is 0 Å². The number of rotatable bonds is 0. The Morgan fingerprint density at radius 1 is 1.08 bits per heavy atom. The molecule has 1 aromatic heterocycles. The SMILES string of the molecule is Cc1ccc2[nH]c3c4c(ccc3c2c1)O[C@@]1(C)CC[C@@H]2C1[C@H]4C2(C)C. The van der Waals surface area contributed by atoms with Gasteiger partial charge >= 0.3 is 0 Å². The lowest BCUT2D eigenvalue weighted by Gasteiger charge is -2.62. The maximum Gasteiger partial charge on any atom is 0.125 e. The van der Waals surface area contributed by atoms with Gasteiger partial charge in [0.05, 0.1) is 5.52 Å². The normalized spacial score (nSPS) is 34.5. The zero-order chi connectivity index (χ0) is 17.1. The second-order valence-corrected chi connectivity index (χ2v) is 9.46. The molecule has 2 nitrogen and oxygen atoms in total. The van der Waals surface area contributed by atoms with Crippen molar-refractivity contribution >= 4 is 21.8 Å². The average molecular weight is 331 g/mol. The molecular formula is C23H25NO. The molecule has 2 heteroatoms. The van der Waals surface area contributed by atoms with Crippen LogP contribution < -0.4 is 4.74 Å². The fraction of sp³-hybridized carbons (Fsp3) is 0.478. The smallest absolute Gasteiger partial charge is 0.125 e. The Labute approximate surface area is 148 Å². The van der Waals surface area contributed by atoms with Crippen molar-refractivity contribution in [2.45, 2.75) is 52.1 Å². The third kappa shape index (κ3) is 1.49. The summed E-state index contributed by atoms with van der Waals surface area (Å²) in [4.78, 5) is 3.74. The van der Waals surface area contributed by atoms with Crippen LogP contribution in [0.5, 0.6) is 5.75 Å². The number of aromatic amines is 1. The lowest BCUT2D eigenvalue weighted by atomic mass is 9.45. The minimum Gasteiger partial charge on any atom is -0.487 e. The molecule has 2 aliphatic carbocycles. The van der Waals surface area contributed by atoms with Crippen LogP contribution in [0.2, 0.25) is 0 Å². The maximum atomic E-state index is 6.65. The highest BCUT2D eigenvalue weighted by Gasteiger charge is 2.69. The number of benzene rings is 2. The molecule has 2 saturated carbocycles. The second kappa shape index (κ2) is 4.06. The first-order valence-corrected chi connectivity index (χ1v) is 9.64. The van der Waals surface area contributed by atoms with Gasteiger partial charge in [0.25, 0.3) is 0 Å². The summed E-state index contributed by atoms with van der Waals surface area (Å²) in [6.45, 7) is 9.47. The second-order valence-electron chi connectivity index (χ2n) is 9.46. The van der Waals surface area contributed by atoms with Crippen molar-refractivity contribution in [1.29, 1.82) is 0 Å². The highest BCUT2D eigenvalue weighted by molar-refractivity contribution is 6.09. The number of hydrogen-bond acceptors (Lipinski definition) is 1. The van der Waals surface area contributed by atoms with Crippen LogP contribution in [0.1, 0.15) is 50.7 Å². The molecule has 2 fully saturated rings. The van der Waals surface area contributed by atoms with Crippen LogP contribution in [0.3, 0.4) is 0 Å². The molecule has 1 aliphatic heterocycles. The largest absolute Gasteiger partial charge is 0.487 e. The van der Waals surface area contributed by atoms with Gasteiger partial charge in [-0.05, 0) is 62.3 Å². The van der Waals surface area contributed by atoms with Gasteiger partial charge in [0.15, 0.2) is 0 Å². The van der Waals surface area contributed by atoms with Gasteiger partial charge in [-0.1, -0.05) is 25.5 Å². The Morgan fingerprint density at radius 2 is 1.92 bits per heavy atom. The molecule has 0 radical (unpaired) electrons. The minimum atomic E-state index is 0.0358. The van der Waals surface area contributed by atoms with E-state index >= 15 is 0 Å². The van der Waals surface area contributed by atoms with Gasteiger partial charge in [-0.2, -0.15) is 0 Å². The third-order valence-corrected chi connectivity index (χ3v) is 7.79. The van der Waals surface area contributed by atoms with Crippen molar-refractivity contribution in [1.82, 2.24) is 4.98 Å². The van der Waals surface area contributed by atoms with Crippen LogP contribution >= 0.6 is 0 Å². The minimum absolute atomic E-state index is 0.0358. The Bertz CT molecular complexity index is 1060. The molecule has 25 heavy (non-hydrogen) atoms. The molecule has 128 valence electrons. The Balaban J connectivity index is 1.69. The summed E-state index contributed by atoms with van der Waals surface area (Å²) in [5.41, 5.74) is 5.70.